The second-order valence-electron chi connectivity index (χ2n) is 2.94. The topological polar surface area (TPSA) is 43.6 Å². The summed E-state index contributed by atoms with van der Waals surface area (Å²) >= 11 is 0. The van der Waals surface area contributed by atoms with Gasteiger partial charge in [0.15, 0.2) is 5.82 Å². The van der Waals surface area contributed by atoms with Gasteiger partial charge in [0, 0.05) is 12.6 Å². The first kappa shape index (κ1) is 7.91. The number of hydrogen-bond donors (Lipinski definition) is 0. The van der Waals surface area contributed by atoms with Gasteiger partial charge in [-0.3, -0.25) is 0 Å². The molecule has 2 rings (SSSR count). The van der Waals surface area contributed by atoms with Gasteiger partial charge in [-0.05, 0) is 22.9 Å². The van der Waals surface area contributed by atoms with Crippen LogP contribution in [0.25, 0.3) is 11.4 Å². The molecule has 4 heteroatoms. The predicted molar refractivity (Wildman–Crippen MR) is 49.0 cm³/mol. The fourth-order valence-electron chi connectivity index (χ4n) is 1.28. The molecule has 0 aliphatic carbocycles. The van der Waals surface area contributed by atoms with E-state index in [1.165, 1.54) is 5.56 Å². The van der Waals surface area contributed by atoms with Crippen LogP contribution in [0.1, 0.15) is 5.56 Å². The first-order valence-corrected chi connectivity index (χ1v) is 4.07. The zero-order chi connectivity index (χ0) is 9.26. The first-order chi connectivity index (χ1) is 6.29. The van der Waals surface area contributed by atoms with E-state index in [1.54, 1.807) is 4.68 Å². The van der Waals surface area contributed by atoms with Crippen molar-refractivity contribution in [2.24, 2.45) is 7.05 Å². The van der Waals surface area contributed by atoms with Crippen LogP contribution >= 0.6 is 0 Å². The van der Waals surface area contributed by atoms with E-state index in [4.69, 9.17) is 0 Å². The van der Waals surface area contributed by atoms with Crippen LogP contribution in [0.2, 0.25) is 0 Å². The van der Waals surface area contributed by atoms with Crippen LogP contribution in [0.5, 0.6) is 0 Å². The minimum absolute atomic E-state index is 0.804. The zero-order valence-corrected chi connectivity index (χ0v) is 7.60. The highest BCUT2D eigenvalue weighted by Crippen LogP contribution is 2.18. The molecule has 1 heterocycles. The van der Waals surface area contributed by atoms with Crippen LogP contribution in [-0.4, -0.2) is 20.2 Å². The lowest BCUT2D eigenvalue weighted by Crippen LogP contribution is -1.95. The Balaban J connectivity index is 2.59. The largest absolute Gasteiger partial charge is 0.229 e. The summed E-state index contributed by atoms with van der Waals surface area (Å²) in [5, 5.41) is 11.3. The van der Waals surface area contributed by atoms with Crippen molar-refractivity contribution < 1.29 is 0 Å². The number of hydrogen-bond acceptors (Lipinski definition) is 3. The standard InChI is InChI=1S/C9H10N4/c1-7-5-3-4-6-8(7)9-10-11-12-13(9)2/h3-6H,1-2H3. The summed E-state index contributed by atoms with van der Waals surface area (Å²) < 4.78 is 1.67. The monoisotopic (exact) mass is 174 g/mol. The highest BCUT2D eigenvalue weighted by atomic mass is 15.5. The maximum atomic E-state index is 3.95. The van der Waals surface area contributed by atoms with E-state index in [1.807, 2.05) is 38.2 Å². The van der Waals surface area contributed by atoms with Crippen molar-refractivity contribution in [1.29, 1.82) is 0 Å². The smallest absolute Gasteiger partial charge is 0.182 e. The lowest BCUT2D eigenvalue weighted by Gasteiger charge is -2.01. The minimum atomic E-state index is 0.804. The fourth-order valence-corrected chi connectivity index (χ4v) is 1.28. The van der Waals surface area contributed by atoms with Crippen LogP contribution in [0.15, 0.2) is 24.3 Å². The van der Waals surface area contributed by atoms with Gasteiger partial charge in [-0.15, -0.1) is 5.10 Å². The lowest BCUT2D eigenvalue weighted by molar-refractivity contribution is 0.714. The first-order valence-electron chi connectivity index (χ1n) is 4.07. The Labute approximate surface area is 76.2 Å². The summed E-state index contributed by atoms with van der Waals surface area (Å²) in [6.07, 6.45) is 0. The lowest BCUT2D eigenvalue weighted by atomic mass is 10.1. The van der Waals surface area contributed by atoms with Gasteiger partial charge in [-0.25, -0.2) is 4.68 Å². The van der Waals surface area contributed by atoms with Crippen molar-refractivity contribution >= 4 is 0 Å². The number of rotatable bonds is 1. The molecule has 0 aliphatic heterocycles. The third kappa shape index (κ3) is 1.30. The van der Waals surface area contributed by atoms with Crippen molar-refractivity contribution in [3.05, 3.63) is 29.8 Å². The molecule has 4 nitrogen and oxygen atoms in total. The van der Waals surface area contributed by atoms with Crippen LogP contribution in [0.4, 0.5) is 0 Å². The van der Waals surface area contributed by atoms with Crippen LogP contribution in [0.3, 0.4) is 0 Å². The second-order valence-corrected chi connectivity index (χ2v) is 2.94. The Bertz CT molecular complexity index is 419. The van der Waals surface area contributed by atoms with Crippen molar-refractivity contribution in [2.45, 2.75) is 6.92 Å². The molecule has 0 N–H and O–H groups in total. The van der Waals surface area contributed by atoms with E-state index in [0.29, 0.717) is 0 Å². The molecule has 0 spiro atoms. The number of aromatic nitrogens is 4. The molecule has 0 unspecified atom stereocenters. The summed E-state index contributed by atoms with van der Waals surface area (Å²) in [4.78, 5) is 0. The Morgan fingerprint density at radius 3 is 2.62 bits per heavy atom. The molecule has 13 heavy (non-hydrogen) atoms. The highest BCUT2D eigenvalue weighted by Gasteiger charge is 2.06. The van der Waals surface area contributed by atoms with Crippen molar-refractivity contribution in [2.75, 3.05) is 0 Å². The van der Waals surface area contributed by atoms with Gasteiger partial charge in [0.1, 0.15) is 0 Å². The Morgan fingerprint density at radius 1 is 1.23 bits per heavy atom. The summed E-state index contributed by atoms with van der Waals surface area (Å²) in [5.41, 5.74) is 2.26. The quantitative estimate of drug-likeness (QED) is 0.652. The molecule has 0 bridgehead atoms. The zero-order valence-electron chi connectivity index (χ0n) is 7.60. The molecule has 1 aromatic carbocycles. The summed E-state index contributed by atoms with van der Waals surface area (Å²) in [6, 6.07) is 8.05. The van der Waals surface area contributed by atoms with Gasteiger partial charge in [0.2, 0.25) is 0 Å². The van der Waals surface area contributed by atoms with Crippen LogP contribution < -0.4 is 0 Å². The number of aryl methyl sites for hydroxylation is 2. The molecule has 0 radical (unpaired) electrons. The van der Waals surface area contributed by atoms with Gasteiger partial charge in [0.25, 0.3) is 0 Å². The molecule has 0 atom stereocenters. The summed E-state index contributed by atoms with van der Waals surface area (Å²) in [7, 11) is 1.84. The molecule has 0 saturated carbocycles. The average Bonchev–Trinajstić information content (AvgIpc) is 2.52. The predicted octanol–water partition coefficient (Wildman–Crippen LogP) is 1.19. The third-order valence-electron chi connectivity index (χ3n) is 2.01. The minimum Gasteiger partial charge on any atom is -0.229 e. The molecule has 0 amide bonds. The molecule has 0 fully saturated rings. The van der Waals surface area contributed by atoms with E-state index in [0.717, 1.165) is 11.4 Å². The van der Waals surface area contributed by atoms with Gasteiger partial charge < -0.3 is 0 Å². The summed E-state index contributed by atoms with van der Waals surface area (Å²) in [5.74, 6) is 0.804. The molecular formula is C9H10N4. The van der Waals surface area contributed by atoms with Crippen molar-refractivity contribution in [3.63, 3.8) is 0 Å². The molecule has 0 saturated heterocycles. The van der Waals surface area contributed by atoms with Crippen molar-refractivity contribution in [3.8, 4) is 11.4 Å². The van der Waals surface area contributed by atoms with E-state index in [9.17, 15) is 0 Å². The van der Waals surface area contributed by atoms with Crippen molar-refractivity contribution in [1.82, 2.24) is 20.2 Å². The van der Waals surface area contributed by atoms with E-state index >= 15 is 0 Å². The molecule has 66 valence electrons. The van der Waals surface area contributed by atoms with Crippen LogP contribution in [0, 0.1) is 6.92 Å². The van der Waals surface area contributed by atoms with Gasteiger partial charge in [-0.2, -0.15) is 0 Å². The molecule has 2 aromatic rings. The Hall–Kier alpha value is -1.71. The normalized spacial score (nSPS) is 10.3. The maximum Gasteiger partial charge on any atom is 0.182 e. The molecule has 0 aliphatic rings. The van der Waals surface area contributed by atoms with E-state index < -0.39 is 0 Å². The number of tetrazole rings is 1. The maximum absolute atomic E-state index is 3.95. The Morgan fingerprint density at radius 2 is 2.00 bits per heavy atom. The number of benzene rings is 1. The highest BCUT2D eigenvalue weighted by molar-refractivity contribution is 5.59. The number of nitrogens with zero attached hydrogens (tertiary/aromatic N) is 4. The average molecular weight is 174 g/mol. The molecule has 1 aromatic heterocycles. The second kappa shape index (κ2) is 2.97. The van der Waals surface area contributed by atoms with Crippen LogP contribution in [-0.2, 0) is 7.05 Å². The Kier molecular flexibility index (Phi) is 1.81. The van der Waals surface area contributed by atoms with Gasteiger partial charge in [-0.1, -0.05) is 24.3 Å². The third-order valence-corrected chi connectivity index (χ3v) is 2.01. The SMILES string of the molecule is Cc1ccccc1-c1nnnn1C. The summed E-state index contributed by atoms with van der Waals surface area (Å²) in [6.45, 7) is 2.05. The van der Waals surface area contributed by atoms with Gasteiger partial charge >= 0.3 is 0 Å². The van der Waals surface area contributed by atoms with E-state index in [-0.39, 0.29) is 0 Å². The van der Waals surface area contributed by atoms with E-state index in [2.05, 4.69) is 15.5 Å². The molecular weight excluding hydrogens is 164 g/mol. The van der Waals surface area contributed by atoms with Gasteiger partial charge in [0.05, 0.1) is 0 Å². The fraction of sp³-hybridized carbons (Fsp3) is 0.222.